The van der Waals surface area contributed by atoms with Crippen molar-refractivity contribution in [2.45, 2.75) is 82.0 Å². The minimum Gasteiger partial charge on any atom is -0.478 e. The summed E-state index contributed by atoms with van der Waals surface area (Å²) in [7, 11) is 1.67. The first-order chi connectivity index (χ1) is 22.0. The van der Waals surface area contributed by atoms with E-state index in [0.717, 1.165) is 36.8 Å². The molecule has 2 spiro atoms. The molecular formula is C36H52N4O6. The number of aliphatic imine (C=N–C) groups is 1. The number of allylic oxidation sites excluding steroid dienone is 1. The van der Waals surface area contributed by atoms with E-state index in [1.54, 1.807) is 7.05 Å². The Morgan fingerprint density at radius 2 is 1.98 bits per heavy atom. The van der Waals surface area contributed by atoms with Gasteiger partial charge in [-0.25, -0.2) is 4.79 Å². The van der Waals surface area contributed by atoms with Crippen LogP contribution in [0.1, 0.15) is 63.9 Å². The largest absolute Gasteiger partial charge is 0.478 e. The van der Waals surface area contributed by atoms with E-state index < -0.39 is 28.0 Å². The number of ether oxygens (including phenoxy) is 1. The molecular weight excluding hydrogens is 584 g/mol. The molecule has 1 aromatic rings. The van der Waals surface area contributed by atoms with Crippen LogP contribution in [0.2, 0.25) is 0 Å². The fourth-order valence-corrected chi connectivity index (χ4v) is 10.6. The molecule has 8 atom stereocenters. The highest BCUT2D eigenvalue weighted by molar-refractivity contribution is 5.92. The van der Waals surface area contributed by atoms with E-state index in [2.05, 4.69) is 23.3 Å². The Morgan fingerprint density at radius 1 is 1.20 bits per heavy atom. The molecule has 3 fully saturated rings. The van der Waals surface area contributed by atoms with Gasteiger partial charge in [0.25, 0.3) is 0 Å². The van der Waals surface area contributed by atoms with E-state index in [1.807, 2.05) is 41.4 Å². The maximum Gasteiger partial charge on any atom is 0.334 e. The number of hydrogen-bond donors (Lipinski definition) is 6. The fraction of sp³-hybridized carbons (Fsp3) is 0.667. The summed E-state index contributed by atoms with van der Waals surface area (Å²) in [5.74, 6) is -0.293. The van der Waals surface area contributed by atoms with Crippen LogP contribution in [0.15, 0.2) is 58.7 Å². The number of carbonyl (C=O) groups is 1. The Labute approximate surface area is 272 Å². The number of benzene rings is 1. The molecule has 6 rings (SSSR count). The van der Waals surface area contributed by atoms with Crippen LogP contribution < -0.4 is 11.1 Å². The summed E-state index contributed by atoms with van der Waals surface area (Å²) in [5.41, 5.74) is 4.89. The molecule has 0 unspecified atom stereocenters. The van der Waals surface area contributed by atoms with Crippen molar-refractivity contribution in [1.82, 2.24) is 10.2 Å². The summed E-state index contributed by atoms with van der Waals surface area (Å²) >= 11 is 0. The van der Waals surface area contributed by atoms with Crippen molar-refractivity contribution < 1.29 is 30.0 Å². The SMILES string of the molecule is CN=C(N)N1C=C[C@H](CNCCO)[C@@]2(C1)[C@@H]1CC[C@@H](C)[C@]23C[C@](O)(CO[C@H]2CCC[C@](O)(Cc4ccccc4)C2)C(C(=O)O)=C3C1. The lowest BCUT2D eigenvalue weighted by atomic mass is 9.46. The zero-order valence-corrected chi connectivity index (χ0v) is 27.3. The number of guanidine groups is 1. The number of nitrogens with zero attached hydrogens (tertiary/aromatic N) is 2. The maximum absolute atomic E-state index is 13.2. The van der Waals surface area contributed by atoms with Crippen molar-refractivity contribution in [3.8, 4) is 0 Å². The second-order valence-corrected chi connectivity index (χ2v) is 14.8. The van der Waals surface area contributed by atoms with Crippen LogP contribution in [0, 0.1) is 28.6 Å². The van der Waals surface area contributed by atoms with E-state index in [-0.39, 0.29) is 49.1 Å². The van der Waals surface area contributed by atoms with Gasteiger partial charge in [0, 0.05) is 56.6 Å². The molecule has 7 N–H and O–H groups in total. The molecule has 3 saturated carbocycles. The topological polar surface area (TPSA) is 161 Å². The third-order valence-corrected chi connectivity index (χ3v) is 12.4. The maximum atomic E-state index is 13.2. The Morgan fingerprint density at radius 3 is 2.70 bits per heavy atom. The first kappa shape index (κ1) is 33.2. The second kappa shape index (κ2) is 12.7. The summed E-state index contributed by atoms with van der Waals surface area (Å²) in [5, 5.41) is 47.8. The van der Waals surface area contributed by atoms with Gasteiger partial charge in [-0.15, -0.1) is 0 Å². The third-order valence-electron chi connectivity index (χ3n) is 12.4. The van der Waals surface area contributed by atoms with Crippen LogP contribution in [0.4, 0.5) is 0 Å². The predicted octanol–water partition coefficient (Wildman–Crippen LogP) is 2.83. The fourth-order valence-electron chi connectivity index (χ4n) is 10.6. The highest BCUT2D eigenvalue weighted by Crippen LogP contribution is 2.77. The molecule has 1 heterocycles. The summed E-state index contributed by atoms with van der Waals surface area (Å²) in [6.07, 6.45) is 9.91. The standard InChI is InChI=1S/C36H52N4O6/c1-24-10-11-26-17-29-30(31(42)43)34(45,23-46-28-9-6-13-33(44,19-28)18-25-7-4-3-5-8-25)21-35(24,29)36(26)22-40(32(37)38-2)15-12-27(36)20-39-14-16-41/h3-5,7-8,12,15,24,26-28,39,41,44-45H,6,9-11,13-14,16-23H2,1-2H3,(H2,37,38)(H,42,43)/t24-,26-,27-,28+,33+,34+,35+,36-/m1/s1. The highest BCUT2D eigenvalue weighted by Gasteiger charge is 2.75. The minimum atomic E-state index is -1.67. The minimum absolute atomic E-state index is 0.0308. The van der Waals surface area contributed by atoms with E-state index >= 15 is 0 Å². The Balaban J connectivity index is 1.32. The number of aliphatic hydroxyl groups excluding tert-OH is 1. The predicted molar refractivity (Wildman–Crippen MR) is 176 cm³/mol. The van der Waals surface area contributed by atoms with Gasteiger partial charge in [-0.1, -0.05) is 43.3 Å². The van der Waals surface area contributed by atoms with Crippen LogP contribution in [-0.2, 0) is 16.0 Å². The molecule has 1 aromatic carbocycles. The second-order valence-electron chi connectivity index (χ2n) is 14.8. The van der Waals surface area contributed by atoms with Crippen LogP contribution in [0.5, 0.6) is 0 Å². The van der Waals surface area contributed by atoms with Crippen LogP contribution in [0.25, 0.3) is 0 Å². The molecule has 46 heavy (non-hydrogen) atoms. The van der Waals surface area contributed by atoms with Gasteiger partial charge in [-0.05, 0) is 73.8 Å². The average Bonchev–Trinajstić information content (AvgIpc) is 3.38. The van der Waals surface area contributed by atoms with E-state index in [9.17, 15) is 25.2 Å². The van der Waals surface area contributed by atoms with E-state index in [0.29, 0.717) is 51.3 Å². The van der Waals surface area contributed by atoms with E-state index in [1.165, 1.54) is 0 Å². The molecule has 0 aromatic heterocycles. The number of nitrogens with two attached hydrogens (primary N) is 1. The number of aliphatic carboxylic acids is 1. The molecule has 0 amide bonds. The average molecular weight is 637 g/mol. The molecule has 1 aliphatic heterocycles. The van der Waals surface area contributed by atoms with Gasteiger partial charge in [-0.2, -0.15) is 0 Å². The lowest BCUT2D eigenvalue weighted by Gasteiger charge is -2.61. The number of nitrogens with one attached hydrogen (secondary N) is 1. The van der Waals surface area contributed by atoms with Crippen molar-refractivity contribution >= 4 is 11.9 Å². The summed E-state index contributed by atoms with van der Waals surface area (Å²) < 4.78 is 6.47. The molecule has 10 nitrogen and oxygen atoms in total. The van der Waals surface area contributed by atoms with Gasteiger partial charge in [-0.3, -0.25) is 4.99 Å². The number of aliphatic hydroxyl groups is 3. The summed E-state index contributed by atoms with van der Waals surface area (Å²) in [6, 6.07) is 9.96. The Hall–Kier alpha value is -2.76. The Bertz CT molecular complexity index is 1380. The van der Waals surface area contributed by atoms with Crippen molar-refractivity contribution in [3.05, 3.63) is 59.3 Å². The number of carboxylic acid groups (broad SMARTS) is 1. The van der Waals surface area contributed by atoms with Crippen molar-refractivity contribution in [3.63, 3.8) is 0 Å². The van der Waals surface area contributed by atoms with Crippen LogP contribution in [-0.4, -0.2) is 94.5 Å². The van der Waals surface area contributed by atoms with Crippen molar-refractivity contribution in [1.29, 1.82) is 0 Å². The quantitative estimate of drug-likeness (QED) is 0.129. The van der Waals surface area contributed by atoms with Gasteiger partial charge in [0.2, 0.25) is 0 Å². The Kier molecular flexibility index (Phi) is 9.15. The normalized spacial score (nSPS) is 38.9. The van der Waals surface area contributed by atoms with Gasteiger partial charge in [0.15, 0.2) is 5.96 Å². The summed E-state index contributed by atoms with van der Waals surface area (Å²) in [6.45, 7) is 3.81. The molecule has 2 bridgehead atoms. The number of carboxylic acids is 1. The molecule has 252 valence electrons. The highest BCUT2D eigenvalue weighted by atomic mass is 16.5. The van der Waals surface area contributed by atoms with Gasteiger partial charge < -0.3 is 41.1 Å². The first-order valence-electron chi connectivity index (χ1n) is 17.1. The first-order valence-corrected chi connectivity index (χ1v) is 17.1. The zero-order chi connectivity index (χ0) is 32.7. The summed E-state index contributed by atoms with van der Waals surface area (Å²) in [4.78, 5) is 19.4. The lowest BCUT2D eigenvalue weighted by molar-refractivity contribution is -0.147. The van der Waals surface area contributed by atoms with Gasteiger partial charge >= 0.3 is 5.97 Å². The number of rotatable bonds is 10. The smallest absolute Gasteiger partial charge is 0.334 e. The lowest BCUT2D eigenvalue weighted by Crippen LogP contribution is -2.62. The van der Waals surface area contributed by atoms with Crippen molar-refractivity contribution in [2.75, 3.05) is 39.9 Å². The molecule has 0 radical (unpaired) electrons. The van der Waals surface area contributed by atoms with Gasteiger partial charge in [0.05, 0.1) is 30.5 Å². The zero-order valence-electron chi connectivity index (χ0n) is 27.3. The molecule has 5 aliphatic rings. The van der Waals surface area contributed by atoms with E-state index in [4.69, 9.17) is 10.5 Å². The monoisotopic (exact) mass is 636 g/mol. The molecule has 4 aliphatic carbocycles. The van der Waals surface area contributed by atoms with Crippen molar-refractivity contribution in [2.24, 2.45) is 39.3 Å². The van der Waals surface area contributed by atoms with Crippen LogP contribution in [0.3, 0.4) is 0 Å². The van der Waals surface area contributed by atoms with Gasteiger partial charge in [0.1, 0.15) is 5.60 Å². The van der Waals surface area contributed by atoms with Crippen LogP contribution >= 0.6 is 0 Å². The third kappa shape index (κ3) is 5.40. The molecule has 0 saturated heterocycles. The number of hydrogen-bond acceptors (Lipinski definition) is 7. The molecule has 10 heteroatoms.